The van der Waals surface area contributed by atoms with E-state index in [0.717, 1.165) is 34.3 Å². The fourth-order valence-corrected chi connectivity index (χ4v) is 3.58. The molecule has 4 rings (SSSR count). The molecule has 0 aliphatic heterocycles. The van der Waals surface area contributed by atoms with E-state index in [1.54, 1.807) is 6.20 Å². The number of nitrogens with one attached hydrogen (secondary N) is 1. The molecule has 0 fully saturated rings. The van der Waals surface area contributed by atoms with Gasteiger partial charge in [0.25, 0.3) is 0 Å². The number of hydrogen-bond donors (Lipinski definition) is 1. The summed E-state index contributed by atoms with van der Waals surface area (Å²) in [5.41, 5.74) is 5.57. The van der Waals surface area contributed by atoms with E-state index < -0.39 is 0 Å². The predicted octanol–water partition coefficient (Wildman–Crippen LogP) is 3.85. The third-order valence-corrected chi connectivity index (χ3v) is 4.79. The number of carbonyl (C=O) groups excluding carboxylic acids is 1. The summed E-state index contributed by atoms with van der Waals surface area (Å²) >= 11 is 0. The zero-order valence-corrected chi connectivity index (χ0v) is 15.4. The molecule has 2 aromatic heterocycles. The quantitative estimate of drug-likeness (QED) is 0.758. The van der Waals surface area contributed by atoms with Crippen LogP contribution >= 0.6 is 0 Å². The van der Waals surface area contributed by atoms with Crippen molar-refractivity contribution in [1.82, 2.24) is 19.9 Å². The monoisotopic (exact) mass is 347 g/mol. The lowest BCUT2D eigenvalue weighted by atomic mass is 9.88. The maximum absolute atomic E-state index is 12.1. The summed E-state index contributed by atoms with van der Waals surface area (Å²) in [6.45, 7) is 8.16. The van der Waals surface area contributed by atoms with Gasteiger partial charge in [0.05, 0.1) is 22.5 Å². The Labute approximate surface area is 152 Å². The van der Waals surface area contributed by atoms with E-state index >= 15 is 0 Å². The highest BCUT2D eigenvalue weighted by molar-refractivity contribution is 5.98. The number of fused-ring (bicyclic) bond motifs is 2. The number of benzene rings is 1. The van der Waals surface area contributed by atoms with E-state index in [9.17, 15) is 4.79 Å². The minimum atomic E-state index is 0.120. The van der Waals surface area contributed by atoms with Crippen LogP contribution in [0.25, 0.3) is 10.9 Å². The van der Waals surface area contributed by atoms with Gasteiger partial charge in [-0.15, -0.1) is 0 Å². The zero-order valence-electron chi connectivity index (χ0n) is 15.4. The summed E-state index contributed by atoms with van der Waals surface area (Å²) in [5.74, 6) is 1.32. The van der Waals surface area contributed by atoms with Crippen LogP contribution in [-0.4, -0.2) is 25.7 Å². The van der Waals surface area contributed by atoms with Crippen molar-refractivity contribution >= 4 is 28.6 Å². The lowest BCUT2D eigenvalue weighted by Gasteiger charge is -2.19. The molecule has 0 amide bonds. The van der Waals surface area contributed by atoms with Gasteiger partial charge in [0.2, 0.25) is 11.9 Å². The minimum absolute atomic E-state index is 0.120. The molecule has 0 bridgehead atoms. The van der Waals surface area contributed by atoms with Gasteiger partial charge in [-0.2, -0.15) is 0 Å². The molecule has 0 saturated heterocycles. The molecular formula is C20H21N5O. The Morgan fingerprint density at radius 2 is 1.85 bits per heavy atom. The second-order valence-electron chi connectivity index (χ2n) is 7.23. The highest BCUT2D eigenvalue weighted by atomic mass is 16.1. The second kappa shape index (κ2) is 6.12. The van der Waals surface area contributed by atoms with Crippen LogP contribution in [-0.2, 0) is 6.42 Å². The van der Waals surface area contributed by atoms with Gasteiger partial charge >= 0.3 is 0 Å². The molecule has 26 heavy (non-hydrogen) atoms. The number of rotatable bonds is 2. The van der Waals surface area contributed by atoms with Crippen molar-refractivity contribution in [3.8, 4) is 0 Å². The van der Waals surface area contributed by atoms with Crippen molar-refractivity contribution < 1.29 is 4.79 Å². The Balaban J connectivity index is 1.72. The van der Waals surface area contributed by atoms with Gasteiger partial charge in [-0.1, -0.05) is 18.6 Å². The maximum Gasteiger partial charge on any atom is 0.230 e. The molecule has 6 heteroatoms. The first-order chi connectivity index (χ1) is 12.4. The highest BCUT2D eigenvalue weighted by Gasteiger charge is 2.24. The average molecular weight is 347 g/mol. The largest absolute Gasteiger partial charge is 0.294 e. The maximum atomic E-state index is 12.1. The highest BCUT2D eigenvalue weighted by Crippen LogP contribution is 2.26. The average Bonchev–Trinajstić information content (AvgIpc) is 2.55. The summed E-state index contributed by atoms with van der Waals surface area (Å²) in [6, 6.07) is 4.21. The van der Waals surface area contributed by atoms with Crippen molar-refractivity contribution in [3.05, 3.63) is 46.4 Å². The van der Waals surface area contributed by atoms with Crippen molar-refractivity contribution in [3.63, 3.8) is 0 Å². The molecule has 0 saturated carbocycles. The van der Waals surface area contributed by atoms with Crippen LogP contribution in [0.3, 0.4) is 0 Å². The molecule has 1 aliphatic rings. The standard InChI is InChI=1S/C20H21N5O/c1-10-5-12(3)18-14(6-10)13(4)22-20(24-18)25-19-21-9-15-16(23-19)7-11(2)8-17(15)26/h5-6,9,11H,7-8H2,1-4H3,(H,21,22,23,24,25)/t11-/m1/s1. The van der Waals surface area contributed by atoms with Crippen LogP contribution in [0.2, 0.25) is 0 Å². The van der Waals surface area contributed by atoms with Gasteiger partial charge in [-0.3, -0.25) is 10.1 Å². The summed E-state index contributed by atoms with van der Waals surface area (Å²) in [7, 11) is 0. The van der Waals surface area contributed by atoms with E-state index in [2.05, 4.69) is 51.2 Å². The van der Waals surface area contributed by atoms with Crippen LogP contribution < -0.4 is 5.32 Å². The number of Topliss-reactive ketones (excluding diaryl/α,β-unsaturated/α-hetero) is 1. The molecule has 132 valence electrons. The van der Waals surface area contributed by atoms with Gasteiger partial charge in [-0.25, -0.2) is 19.9 Å². The van der Waals surface area contributed by atoms with Crippen LogP contribution in [0.4, 0.5) is 11.9 Å². The van der Waals surface area contributed by atoms with Gasteiger partial charge in [-0.05, 0) is 44.7 Å². The zero-order chi connectivity index (χ0) is 18.4. The third kappa shape index (κ3) is 2.92. The number of aryl methyl sites for hydroxylation is 3. The van der Waals surface area contributed by atoms with E-state index in [-0.39, 0.29) is 5.78 Å². The van der Waals surface area contributed by atoms with Gasteiger partial charge in [0.1, 0.15) is 0 Å². The smallest absolute Gasteiger partial charge is 0.230 e. The van der Waals surface area contributed by atoms with E-state index in [4.69, 9.17) is 0 Å². The summed E-state index contributed by atoms with van der Waals surface area (Å²) in [6.07, 6.45) is 2.96. The van der Waals surface area contributed by atoms with Crippen LogP contribution in [0, 0.1) is 26.7 Å². The summed E-state index contributed by atoms with van der Waals surface area (Å²) < 4.78 is 0. The molecule has 0 spiro atoms. The normalized spacial score (nSPS) is 16.6. The van der Waals surface area contributed by atoms with Gasteiger partial charge in [0, 0.05) is 18.0 Å². The van der Waals surface area contributed by atoms with Crippen molar-refractivity contribution in [2.24, 2.45) is 5.92 Å². The van der Waals surface area contributed by atoms with Crippen LogP contribution in [0.1, 0.15) is 46.2 Å². The predicted molar refractivity (Wildman–Crippen MR) is 101 cm³/mol. The fourth-order valence-electron chi connectivity index (χ4n) is 3.58. The van der Waals surface area contributed by atoms with Crippen molar-refractivity contribution in [1.29, 1.82) is 0 Å². The van der Waals surface area contributed by atoms with E-state index in [0.29, 0.717) is 29.8 Å². The van der Waals surface area contributed by atoms with Crippen LogP contribution in [0.5, 0.6) is 0 Å². The lowest BCUT2D eigenvalue weighted by molar-refractivity contribution is 0.0951. The molecule has 1 aromatic carbocycles. The number of nitrogens with zero attached hydrogens (tertiary/aromatic N) is 4. The topological polar surface area (TPSA) is 80.7 Å². The second-order valence-corrected chi connectivity index (χ2v) is 7.23. The Kier molecular flexibility index (Phi) is 3.90. The van der Waals surface area contributed by atoms with Crippen molar-refractivity contribution in [2.75, 3.05) is 5.32 Å². The summed E-state index contributed by atoms with van der Waals surface area (Å²) in [5, 5.41) is 4.16. The van der Waals surface area contributed by atoms with E-state index in [1.807, 2.05) is 13.8 Å². The molecule has 0 unspecified atom stereocenters. The minimum Gasteiger partial charge on any atom is -0.294 e. The Bertz CT molecular complexity index is 1040. The first kappa shape index (κ1) is 16.6. The number of carbonyl (C=O) groups is 1. The first-order valence-corrected chi connectivity index (χ1v) is 8.82. The van der Waals surface area contributed by atoms with Crippen molar-refractivity contribution in [2.45, 2.75) is 40.5 Å². The van der Waals surface area contributed by atoms with Gasteiger partial charge in [0.15, 0.2) is 5.78 Å². The lowest BCUT2D eigenvalue weighted by Crippen LogP contribution is -2.20. The third-order valence-electron chi connectivity index (χ3n) is 4.79. The molecule has 6 nitrogen and oxygen atoms in total. The SMILES string of the molecule is Cc1cc(C)c2nc(Nc3ncc4c(n3)C[C@@H](C)CC4=O)nc(C)c2c1. The number of aromatic nitrogens is 4. The Hall–Kier alpha value is -2.89. The number of anilines is 2. The van der Waals surface area contributed by atoms with Gasteiger partial charge < -0.3 is 0 Å². The molecule has 1 aliphatic carbocycles. The fraction of sp³-hybridized carbons (Fsp3) is 0.350. The van der Waals surface area contributed by atoms with Crippen LogP contribution in [0.15, 0.2) is 18.3 Å². The first-order valence-electron chi connectivity index (χ1n) is 8.82. The number of ketones is 1. The Morgan fingerprint density at radius 1 is 1.04 bits per heavy atom. The molecule has 0 radical (unpaired) electrons. The van der Waals surface area contributed by atoms with E-state index in [1.165, 1.54) is 5.56 Å². The number of hydrogen-bond acceptors (Lipinski definition) is 6. The molecule has 3 aromatic rings. The molecular weight excluding hydrogens is 326 g/mol. The molecule has 2 heterocycles. The Morgan fingerprint density at radius 3 is 2.65 bits per heavy atom. The molecule has 1 N–H and O–H groups in total. The summed E-state index contributed by atoms with van der Waals surface area (Å²) in [4.78, 5) is 30.1. The molecule has 1 atom stereocenters.